The number of aliphatic hydroxyl groups is 1. The first-order valence-electron chi connectivity index (χ1n) is 11.1. The smallest absolute Gasteiger partial charge is 0.303 e. The molecule has 5 nitrogen and oxygen atoms in total. The number of aliphatic hydroxyl groups excluding tert-OH is 1. The van der Waals surface area contributed by atoms with Crippen molar-refractivity contribution < 1.29 is 19.7 Å². The summed E-state index contributed by atoms with van der Waals surface area (Å²) in [4.78, 5) is 13.1. The standard InChI is InChI=1S/C24H35NO4/c26-21-17-22(29-18-19-11-5-3-6-12-19)20(13-7-1-2-8-14-23(27)28)24(21)25-15-9-4-10-16-25/h1,3,5-7,11-12,20-22,24,26H,2,4,8-10,13-18H2,(H,27,28)/b7-1+/t20-,21+,22-,24+/m0/s1. The largest absolute Gasteiger partial charge is 0.481 e. The number of hydrogen-bond donors (Lipinski definition) is 2. The van der Waals surface area contributed by atoms with Crippen molar-refractivity contribution in [2.45, 2.75) is 76.2 Å². The molecule has 5 heteroatoms. The van der Waals surface area contributed by atoms with Gasteiger partial charge in [-0.2, -0.15) is 0 Å². The van der Waals surface area contributed by atoms with Crippen molar-refractivity contribution in [3.05, 3.63) is 48.0 Å². The number of hydrogen-bond acceptors (Lipinski definition) is 4. The third kappa shape index (κ3) is 6.66. The summed E-state index contributed by atoms with van der Waals surface area (Å²) < 4.78 is 6.30. The molecule has 2 N–H and O–H groups in total. The number of ether oxygens (including phenoxy) is 1. The lowest BCUT2D eigenvalue weighted by Crippen LogP contribution is -2.47. The number of rotatable bonds is 10. The highest BCUT2D eigenvalue weighted by molar-refractivity contribution is 5.66. The van der Waals surface area contributed by atoms with Crippen molar-refractivity contribution in [1.82, 2.24) is 4.90 Å². The van der Waals surface area contributed by atoms with Gasteiger partial charge in [0.05, 0.1) is 18.8 Å². The van der Waals surface area contributed by atoms with Crippen LogP contribution in [-0.4, -0.2) is 52.4 Å². The normalized spacial score (nSPS) is 28.2. The average Bonchev–Trinajstić information content (AvgIpc) is 3.05. The van der Waals surface area contributed by atoms with Crippen LogP contribution in [0.25, 0.3) is 0 Å². The molecule has 0 unspecified atom stereocenters. The molecule has 1 saturated heterocycles. The molecule has 4 atom stereocenters. The number of aliphatic carboxylic acids is 1. The minimum atomic E-state index is -0.739. The summed E-state index contributed by atoms with van der Waals surface area (Å²) >= 11 is 0. The molecule has 1 aromatic carbocycles. The van der Waals surface area contributed by atoms with Crippen LogP contribution in [0.15, 0.2) is 42.5 Å². The molecule has 3 rings (SSSR count). The van der Waals surface area contributed by atoms with Crippen molar-refractivity contribution in [3.63, 3.8) is 0 Å². The van der Waals surface area contributed by atoms with E-state index in [2.05, 4.69) is 29.2 Å². The number of unbranched alkanes of at least 4 members (excludes halogenated alkanes) is 1. The van der Waals surface area contributed by atoms with E-state index in [-0.39, 0.29) is 30.6 Å². The first-order valence-corrected chi connectivity index (χ1v) is 11.1. The SMILES string of the molecule is O=C(O)CCC/C=C/C[C@@H]1[C@@H](N2CCCCC2)[C@H](O)C[C@@H]1OCc1ccccc1. The Morgan fingerprint density at radius 1 is 1.14 bits per heavy atom. The van der Waals surface area contributed by atoms with Gasteiger partial charge in [-0.15, -0.1) is 0 Å². The van der Waals surface area contributed by atoms with Crippen molar-refractivity contribution >= 4 is 5.97 Å². The zero-order valence-corrected chi connectivity index (χ0v) is 17.3. The quantitative estimate of drug-likeness (QED) is 0.458. The number of nitrogens with zero attached hydrogens (tertiary/aromatic N) is 1. The minimum absolute atomic E-state index is 0.0424. The highest BCUT2D eigenvalue weighted by Crippen LogP contribution is 2.37. The Morgan fingerprint density at radius 2 is 1.90 bits per heavy atom. The molecule has 2 fully saturated rings. The lowest BCUT2D eigenvalue weighted by Gasteiger charge is -2.37. The van der Waals surface area contributed by atoms with Crippen LogP contribution in [0, 0.1) is 5.92 Å². The number of carbonyl (C=O) groups is 1. The van der Waals surface area contributed by atoms with E-state index in [1.165, 1.54) is 19.3 Å². The fourth-order valence-corrected chi connectivity index (χ4v) is 4.79. The number of likely N-dealkylation sites (tertiary alicyclic amines) is 1. The summed E-state index contributed by atoms with van der Waals surface area (Å²) in [7, 11) is 0. The molecular formula is C24H35NO4. The van der Waals surface area contributed by atoms with Gasteiger partial charge in [-0.05, 0) is 50.8 Å². The summed E-state index contributed by atoms with van der Waals surface area (Å²) in [6, 6.07) is 10.4. The summed E-state index contributed by atoms with van der Waals surface area (Å²) in [6.07, 6.45) is 10.9. The van der Waals surface area contributed by atoms with Crippen molar-refractivity contribution in [1.29, 1.82) is 0 Å². The molecular weight excluding hydrogens is 366 g/mol. The molecule has 29 heavy (non-hydrogen) atoms. The van der Waals surface area contributed by atoms with Gasteiger partial charge in [0.2, 0.25) is 0 Å². The third-order valence-corrected chi connectivity index (χ3v) is 6.24. The van der Waals surface area contributed by atoms with E-state index in [1.54, 1.807) is 0 Å². The van der Waals surface area contributed by atoms with E-state index in [0.29, 0.717) is 19.4 Å². The lowest BCUT2D eigenvalue weighted by molar-refractivity contribution is -0.137. The van der Waals surface area contributed by atoms with Crippen LogP contribution in [0.3, 0.4) is 0 Å². The Morgan fingerprint density at radius 3 is 2.62 bits per heavy atom. The first kappa shape index (κ1) is 22.0. The number of carboxylic acid groups (broad SMARTS) is 1. The molecule has 1 aliphatic carbocycles. The van der Waals surface area contributed by atoms with E-state index in [1.807, 2.05) is 18.2 Å². The fraction of sp³-hybridized carbons (Fsp3) is 0.625. The van der Waals surface area contributed by atoms with Gasteiger partial charge in [-0.25, -0.2) is 0 Å². The number of carboxylic acids is 1. The number of benzene rings is 1. The van der Waals surface area contributed by atoms with Gasteiger partial charge < -0.3 is 14.9 Å². The fourth-order valence-electron chi connectivity index (χ4n) is 4.79. The molecule has 0 bridgehead atoms. The van der Waals surface area contributed by atoms with Crippen LogP contribution in [0.1, 0.15) is 56.9 Å². The first-order chi connectivity index (χ1) is 14.1. The average molecular weight is 402 g/mol. The van der Waals surface area contributed by atoms with E-state index in [0.717, 1.165) is 31.5 Å². The summed E-state index contributed by atoms with van der Waals surface area (Å²) in [5.74, 6) is -0.473. The second-order valence-corrected chi connectivity index (χ2v) is 8.38. The number of piperidine rings is 1. The van der Waals surface area contributed by atoms with Crippen LogP contribution in [-0.2, 0) is 16.1 Å². The van der Waals surface area contributed by atoms with E-state index in [4.69, 9.17) is 9.84 Å². The predicted octanol–water partition coefficient (Wildman–Crippen LogP) is 4.01. The van der Waals surface area contributed by atoms with Gasteiger partial charge in [0.15, 0.2) is 0 Å². The molecule has 0 aromatic heterocycles. The van der Waals surface area contributed by atoms with Crippen LogP contribution in [0.5, 0.6) is 0 Å². The molecule has 1 saturated carbocycles. The van der Waals surface area contributed by atoms with Crippen LogP contribution < -0.4 is 0 Å². The second-order valence-electron chi connectivity index (χ2n) is 8.38. The van der Waals surface area contributed by atoms with E-state index >= 15 is 0 Å². The zero-order chi connectivity index (χ0) is 20.5. The van der Waals surface area contributed by atoms with Crippen LogP contribution in [0.2, 0.25) is 0 Å². The summed E-state index contributed by atoms with van der Waals surface area (Å²) in [6.45, 7) is 2.70. The van der Waals surface area contributed by atoms with Crippen molar-refractivity contribution in [2.75, 3.05) is 13.1 Å². The Labute approximate surface area is 174 Å². The molecule has 160 valence electrons. The maximum atomic E-state index is 10.9. The van der Waals surface area contributed by atoms with E-state index in [9.17, 15) is 9.90 Å². The second kappa shape index (κ2) is 11.5. The molecule has 1 aliphatic heterocycles. The predicted molar refractivity (Wildman–Crippen MR) is 114 cm³/mol. The molecule has 0 amide bonds. The summed E-state index contributed by atoms with van der Waals surface area (Å²) in [5.41, 5.74) is 1.16. The summed E-state index contributed by atoms with van der Waals surface area (Å²) in [5, 5.41) is 19.6. The molecule has 1 heterocycles. The topological polar surface area (TPSA) is 70.0 Å². The lowest BCUT2D eigenvalue weighted by atomic mass is 9.93. The third-order valence-electron chi connectivity index (χ3n) is 6.24. The number of allylic oxidation sites excluding steroid dienone is 2. The molecule has 0 spiro atoms. The molecule has 0 radical (unpaired) electrons. The minimum Gasteiger partial charge on any atom is -0.481 e. The maximum absolute atomic E-state index is 10.9. The van der Waals surface area contributed by atoms with Crippen molar-refractivity contribution in [2.24, 2.45) is 5.92 Å². The Hall–Kier alpha value is -1.69. The van der Waals surface area contributed by atoms with Crippen LogP contribution >= 0.6 is 0 Å². The van der Waals surface area contributed by atoms with Gasteiger partial charge in [0, 0.05) is 24.8 Å². The Balaban J connectivity index is 1.61. The maximum Gasteiger partial charge on any atom is 0.303 e. The van der Waals surface area contributed by atoms with Gasteiger partial charge in [0.25, 0.3) is 0 Å². The highest BCUT2D eigenvalue weighted by Gasteiger charge is 2.45. The van der Waals surface area contributed by atoms with Gasteiger partial charge in [0.1, 0.15) is 0 Å². The van der Waals surface area contributed by atoms with Crippen LogP contribution in [0.4, 0.5) is 0 Å². The van der Waals surface area contributed by atoms with Gasteiger partial charge in [-0.3, -0.25) is 9.69 Å². The van der Waals surface area contributed by atoms with Gasteiger partial charge in [-0.1, -0.05) is 48.9 Å². The van der Waals surface area contributed by atoms with Gasteiger partial charge >= 0.3 is 5.97 Å². The zero-order valence-electron chi connectivity index (χ0n) is 17.3. The Bertz CT molecular complexity index is 642. The monoisotopic (exact) mass is 401 g/mol. The Kier molecular flexibility index (Phi) is 8.71. The molecule has 2 aliphatic rings. The van der Waals surface area contributed by atoms with Crippen molar-refractivity contribution in [3.8, 4) is 0 Å². The highest BCUT2D eigenvalue weighted by atomic mass is 16.5. The van der Waals surface area contributed by atoms with E-state index < -0.39 is 5.97 Å². The molecule has 1 aromatic rings.